The van der Waals surface area contributed by atoms with E-state index in [9.17, 15) is 5.11 Å². The predicted molar refractivity (Wildman–Crippen MR) is 89.1 cm³/mol. The molecule has 1 aliphatic rings. The Morgan fingerprint density at radius 2 is 2.08 bits per heavy atom. The van der Waals surface area contributed by atoms with Gasteiger partial charge in [0.2, 0.25) is 12.2 Å². The summed E-state index contributed by atoms with van der Waals surface area (Å²) in [5, 5.41) is 34.8. The number of nitrogens with zero attached hydrogens (tertiary/aromatic N) is 3. The molecule has 0 bridgehead atoms. The van der Waals surface area contributed by atoms with Crippen molar-refractivity contribution in [1.29, 1.82) is 10.5 Å². The van der Waals surface area contributed by atoms with Gasteiger partial charge >= 0.3 is 0 Å². The maximum Gasteiger partial charge on any atom is 0.209 e. The lowest BCUT2D eigenvalue weighted by atomic mass is 9.86. The first-order valence-corrected chi connectivity index (χ1v) is 7.69. The highest BCUT2D eigenvalue weighted by molar-refractivity contribution is 5.81. The van der Waals surface area contributed by atoms with E-state index in [1.165, 1.54) is 0 Å². The van der Waals surface area contributed by atoms with Crippen LogP contribution in [0.2, 0.25) is 0 Å². The van der Waals surface area contributed by atoms with E-state index in [4.69, 9.17) is 15.3 Å². The number of ether oxygens (including phenoxy) is 1. The fourth-order valence-corrected chi connectivity index (χ4v) is 2.60. The molecule has 24 heavy (non-hydrogen) atoms. The lowest BCUT2D eigenvalue weighted by Gasteiger charge is -2.42. The molecule has 1 aromatic carbocycles. The van der Waals surface area contributed by atoms with E-state index in [1.807, 2.05) is 13.8 Å². The molecular weight excluding hydrogens is 306 g/mol. The zero-order valence-electron chi connectivity index (χ0n) is 14.2. The second kappa shape index (κ2) is 6.77. The first-order valence-electron chi connectivity index (χ1n) is 7.69. The third-order valence-corrected chi connectivity index (χ3v) is 3.75. The van der Waals surface area contributed by atoms with Gasteiger partial charge in [0, 0.05) is 11.6 Å². The van der Waals surface area contributed by atoms with Crippen LogP contribution in [0.1, 0.15) is 44.9 Å². The normalized spacial score (nSPS) is 21.9. The Balaban J connectivity index is 2.45. The summed E-state index contributed by atoms with van der Waals surface area (Å²) < 4.78 is 5.86. The number of nitriles is 2. The maximum absolute atomic E-state index is 10.7. The van der Waals surface area contributed by atoms with Crippen molar-refractivity contribution in [3.05, 3.63) is 29.3 Å². The minimum absolute atomic E-state index is 0.0551. The summed E-state index contributed by atoms with van der Waals surface area (Å²) in [6.45, 7) is 7.40. The Bertz CT molecular complexity index is 727. The van der Waals surface area contributed by atoms with Gasteiger partial charge in [-0.25, -0.2) is 0 Å². The number of nitrogens with one attached hydrogen (secondary N) is 2. The first kappa shape index (κ1) is 17.6. The van der Waals surface area contributed by atoms with E-state index in [2.05, 4.69) is 21.7 Å². The van der Waals surface area contributed by atoms with Crippen LogP contribution < -0.4 is 15.4 Å². The highest BCUT2D eigenvalue weighted by Crippen LogP contribution is 2.40. The summed E-state index contributed by atoms with van der Waals surface area (Å²) in [7, 11) is 0. The fourth-order valence-electron chi connectivity index (χ4n) is 2.60. The van der Waals surface area contributed by atoms with Crippen molar-refractivity contribution < 1.29 is 9.84 Å². The number of rotatable bonds is 2. The molecule has 1 heterocycles. The SMILES string of the molecule is CC(C)NC(=NC#N)N[C@@H]1c2cc(C#N)ccc2OC(C)(C)[C@H]1O. The van der Waals surface area contributed by atoms with Crippen LogP contribution in [0, 0.1) is 22.8 Å². The lowest BCUT2D eigenvalue weighted by Crippen LogP contribution is -2.55. The van der Waals surface area contributed by atoms with Crippen LogP contribution in [0.5, 0.6) is 5.75 Å². The van der Waals surface area contributed by atoms with E-state index in [0.717, 1.165) is 0 Å². The number of aliphatic hydroxyl groups excluding tert-OH is 1. The number of guanidine groups is 1. The zero-order chi connectivity index (χ0) is 17.9. The molecule has 126 valence electrons. The third kappa shape index (κ3) is 3.58. The number of hydrogen-bond acceptors (Lipinski definition) is 5. The van der Waals surface area contributed by atoms with Gasteiger partial charge in [-0.3, -0.25) is 0 Å². The molecule has 0 aromatic heterocycles. The van der Waals surface area contributed by atoms with Crippen LogP contribution in [0.15, 0.2) is 23.2 Å². The summed E-state index contributed by atoms with van der Waals surface area (Å²) in [5.41, 5.74) is 0.276. The Hall–Kier alpha value is -2.77. The van der Waals surface area contributed by atoms with Gasteiger partial charge in [0.05, 0.1) is 17.7 Å². The van der Waals surface area contributed by atoms with Gasteiger partial charge in [-0.05, 0) is 45.9 Å². The van der Waals surface area contributed by atoms with Crippen LogP contribution in [0.4, 0.5) is 0 Å². The molecule has 1 aromatic rings. The Morgan fingerprint density at radius 1 is 1.38 bits per heavy atom. The summed E-state index contributed by atoms with van der Waals surface area (Å²) in [6, 6.07) is 6.62. The van der Waals surface area contributed by atoms with Gasteiger partial charge in [-0.2, -0.15) is 10.5 Å². The molecule has 0 saturated carbocycles. The number of aliphatic imine (C=N–C) groups is 1. The van der Waals surface area contributed by atoms with E-state index in [1.54, 1.807) is 38.2 Å². The second-order valence-electron chi connectivity index (χ2n) is 6.50. The van der Waals surface area contributed by atoms with Crippen LogP contribution >= 0.6 is 0 Å². The second-order valence-corrected chi connectivity index (χ2v) is 6.50. The highest BCUT2D eigenvalue weighted by atomic mass is 16.5. The minimum atomic E-state index is -0.906. The van der Waals surface area contributed by atoms with Crippen LogP contribution in [0.3, 0.4) is 0 Å². The van der Waals surface area contributed by atoms with Crippen molar-refractivity contribution in [3.8, 4) is 18.0 Å². The van der Waals surface area contributed by atoms with Crippen LogP contribution in [-0.2, 0) is 0 Å². The van der Waals surface area contributed by atoms with Gasteiger partial charge in [-0.15, -0.1) is 4.99 Å². The Labute approximate surface area is 141 Å². The van der Waals surface area contributed by atoms with Crippen molar-refractivity contribution in [1.82, 2.24) is 10.6 Å². The topological polar surface area (TPSA) is 113 Å². The quantitative estimate of drug-likeness (QED) is 0.431. The van der Waals surface area contributed by atoms with Gasteiger partial charge < -0.3 is 20.5 Å². The minimum Gasteiger partial charge on any atom is -0.485 e. The summed E-state index contributed by atoms with van der Waals surface area (Å²) in [6.07, 6.45) is 0.837. The average molecular weight is 327 g/mol. The van der Waals surface area contributed by atoms with E-state index >= 15 is 0 Å². The predicted octanol–water partition coefficient (Wildman–Crippen LogP) is 1.56. The van der Waals surface area contributed by atoms with Crippen molar-refractivity contribution in [3.63, 3.8) is 0 Å². The summed E-state index contributed by atoms with van der Waals surface area (Å²) in [5.74, 6) is 0.852. The Kier molecular flexibility index (Phi) is 4.96. The number of hydrogen-bond donors (Lipinski definition) is 3. The lowest BCUT2D eigenvalue weighted by molar-refractivity contribution is -0.0612. The number of fused-ring (bicyclic) bond motifs is 1. The molecule has 0 aliphatic carbocycles. The molecule has 0 spiro atoms. The van der Waals surface area contributed by atoms with Gasteiger partial charge in [0.1, 0.15) is 17.5 Å². The molecule has 2 rings (SSSR count). The third-order valence-electron chi connectivity index (χ3n) is 3.75. The van der Waals surface area contributed by atoms with Crippen LogP contribution in [-0.4, -0.2) is 28.8 Å². The number of benzene rings is 1. The van der Waals surface area contributed by atoms with Gasteiger partial charge in [0.25, 0.3) is 0 Å². The van der Waals surface area contributed by atoms with Crippen molar-refractivity contribution in [2.24, 2.45) is 4.99 Å². The molecule has 2 atom stereocenters. The van der Waals surface area contributed by atoms with E-state index in [-0.39, 0.29) is 12.0 Å². The Morgan fingerprint density at radius 3 is 2.67 bits per heavy atom. The smallest absolute Gasteiger partial charge is 0.209 e. The molecule has 1 aliphatic heterocycles. The average Bonchev–Trinajstić information content (AvgIpc) is 2.50. The molecular formula is C17H21N5O2. The molecule has 0 unspecified atom stereocenters. The standard InChI is InChI=1S/C17H21N5O2/c1-10(2)21-16(20-9-19)22-14-12-7-11(8-18)5-6-13(12)24-17(3,4)15(14)23/h5-7,10,14-15,23H,1-4H3,(H2,20,21,22)/t14-,15+/m1/s1. The molecule has 3 N–H and O–H groups in total. The molecule has 0 amide bonds. The van der Waals surface area contributed by atoms with Gasteiger partial charge in [-0.1, -0.05) is 0 Å². The van der Waals surface area contributed by atoms with Crippen molar-refractivity contribution >= 4 is 5.96 Å². The molecule has 7 heteroatoms. The molecule has 0 saturated heterocycles. The monoisotopic (exact) mass is 327 g/mol. The van der Waals surface area contributed by atoms with E-state index in [0.29, 0.717) is 16.9 Å². The highest BCUT2D eigenvalue weighted by Gasteiger charge is 2.43. The molecule has 7 nitrogen and oxygen atoms in total. The zero-order valence-corrected chi connectivity index (χ0v) is 14.2. The summed E-state index contributed by atoms with van der Waals surface area (Å²) >= 11 is 0. The summed E-state index contributed by atoms with van der Waals surface area (Å²) in [4.78, 5) is 3.74. The van der Waals surface area contributed by atoms with E-state index < -0.39 is 17.7 Å². The molecule has 0 fully saturated rings. The van der Waals surface area contributed by atoms with Gasteiger partial charge in [0.15, 0.2) is 0 Å². The largest absolute Gasteiger partial charge is 0.485 e. The number of aliphatic hydroxyl groups is 1. The fraction of sp³-hybridized carbons (Fsp3) is 0.471. The first-order chi connectivity index (χ1) is 11.3. The van der Waals surface area contributed by atoms with Crippen molar-refractivity contribution in [2.75, 3.05) is 0 Å². The van der Waals surface area contributed by atoms with Crippen LogP contribution in [0.25, 0.3) is 0 Å². The van der Waals surface area contributed by atoms with Crippen molar-refractivity contribution in [2.45, 2.75) is 51.5 Å². The maximum atomic E-state index is 10.7. The molecule has 0 radical (unpaired) electrons.